The van der Waals surface area contributed by atoms with E-state index in [1.165, 1.54) is 43.6 Å². The first-order valence-electron chi connectivity index (χ1n) is 8.53. The van der Waals surface area contributed by atoms with Crippen LogP contribution in [0.1, 0.15) is 16.1 Å². The molecule has 9 heteroatoms. The van der Waals surface area contributed by atoms with Crippen LogP contribution >= 0.6 is 0 Å². The molecule has 29 heavy (non-hydrogen) atoms. The van der Waals surface area contributed by atoms with Crippen LogP contribution < -0.4 is 14.8 Å². The number of carbonyl (C=O) groups excluding carboxylic acids is 1. The van der Waals surface area contributed by atoms with E-state index >= 15 is 0 Å². The SMILES string of the molecule is CNC(=O)c1cc(Oc2ccc(NS(=O)(=O)c3cc(C)ccc3F)cc2)ccn1. The molecule has 0 aliphatic rings. The van der Waals surface area contributed by atoms with E-state index in [0.29, 0.717) is 17.1 Å². The molecule has 0 spiro atoms. The number of pyridine rings is 1. The molecule has 0 saturated carbocycles. The summed E-state index contributed by atoms with van der Waals surface area (Å²) in [6.07, 6.45) is 1.44. The zero-order chi connectivity index (χ0) is 21.0. The first-order valence-corrected chi connectivity index (χ1v) is 10.0. The van der Waals surface area contributed by atoms with Crippen LogP contribution in [-0.2, 0) is 10.0 Å². The Morgan fingerprint density at radius 2 is 1.76 bits per heavy atom. The fourth-order valence-electron chi connectivity index (χ4n) is 2.48. The number of sulfonamides is 1. The fraction of sp³-hybridized carbons (Fsp3) is 0.100. The van der Waals surface area contributed by atoms with Crippen molar-refractivity contribution in [3.8, 4) is 11.5 Å². The molecule has 150 valence electrons. The van der Waals surface area contributed by atoms with Gasteiger partial charge in [0.25, 0.3) is 15.9 Å². The summed E-state index contributed by atoms with van der Waals surface area (Å²) in [6, 6.07) is 13.0. The van der Waals surface area contributed by atoms with E-state index in [0.717, 1.165) is 6.07 Å². The van der Waals surface area contributed by atoms with Crippen molar-refractivity contribution < 1.29 is 22.3 Å². The first-order chi connectivity index (χ1) is 13.8. The van der Waals surface area contributed by atoms with E-state index in [1.807, 2.05) is 0 Å². The first kappa shape index (κ1) is 20.3. The molecule has 1 amide bonds. The summed E-state index contributed by atoms with van der Waals surface area (Å²) in [5.41, 5.74) is 1.08. The molecular formula is C20H18FN3O4S. The summed E-state index contributed by atoms with van der Waals surface area (Å²) in [4.78, 5) is 15.2. The molecule has 2 N–H and O–H groups in total. The number of benzene rings is 2. The van der Waals surface area contributed by atoms with Gasteiger partial charge < -0.3 is 10.1 Å². The van der Waals surface area contributed by atoms with Crippen LogP contribution in [0.25, 0.3) is 0 Å². The van der Waals surface area contributed by atoms with Gasteiger partial charge >= 0.3 is 0 Å². The second kappa shape index (κ2) is 8.27. The molecule has 0 saturated heterocycles. The standard InChI is InChI=1S/C20H18FN3O4S/c1-13-3-8-17(21)19(11-13)29(26,27)24-14-4-6-15(7-5-14)28-16-9-10-23-18(12-16)20(25)22-2/h3-12,24H,1-2H3,(H,22,25). The van der Waals surface area contributed by atoms with Crippen LogP contribution in [0.4, 0.5) is 10.1 Å². The Labute approximate surface area is 167 Å². The summed E-state index contributed by atoms with van der Waals surface area (Å²) >= 11 is 0. The van der Waals surface area contributed by atoms with E-state index in [1.54, 1.807) is 25.1 Å². The number of anilines is 1. The van der Waals surface area contributed by atoms with Gasteiger partial charge in [0.05, 0.1) is 0 Å². The summed E-state index contributed by atoms with van der Waals surface area (Å²) in [5.74, 6) is -0.353. The molecule has 3 rings (SSSR count). The lowest BCUT2D eigenvalue weighted by Gasteiger charge is -2.11. The smallest absolute Gasteiger partial charge is 0.269 e. The number of amides is 1. The van der Waals surface area contributed by atoms with E-state index < -0.39 is 20.7 Å². The summed E-state index contributed by atoms with van der Waals surface area (Å²) in [5, 5.41) is 2.47. The molecule has 3 aromatic rings. The van der Waals surface area contributed by atoms with Gasteiger partial charge in [-0.05, 0) is 55.0 Å². The number of hydrogen-bond acceptors (Lipinski definition) is 5. The number of carbonyl (C=O) groups is 1. The third-order valence-electron chi connectivity index (χ3n) is 3.91. The summed E-state index contributed by atoms with van der Waals surface area (Å²) in [7, 11) is -2.57. The Hall–Kier alpha value is -3.46. The van der Waals surface area contributed by atoms with Crippen molar-refractivity contribution in [2.75, 3.05) is 11.8 Å². The Morgan fingerprint density at radius 1 is 1.03 bits per heavy atom. The highest BCUT2D eigenvalue weighted by Gasteiger charge is 2.19. The number of ether oxygens (including phenoxy) is 1. The van der Waals surface area contributed by atoms with Gasteiger partial charge in [0.2, 0.25) is 0 Å². The number of aromatic nitrogens is 1. The molecule has 7 nitrogen and oxygen atoms in total. The maximum Gasteiger partial charge on any atom is 0.269 e. The lowest BCUT2D eigenvalue weighted by atomic mass is 10.2. The Bertz CT molecular complexity index is 1150. The molecule has 0 fully saturated rings. The van der Waals surface area contributed by atoms with Gasteiger partial charge in [-0.3, -0.25) is 14.5 Å². The zero-order valence-corrected chi connectivity index (χ0v) is 16.5. The second-order valence-electron chi connectivity index (χ2n) is 6.12. The topological polar surface area (TPSA) is 97.4 Å². The largest absolute Gasteiger partial charge is 0.457 e. The lowest BCUT2D eigenvalue weighted by Crippen LogP contribution is -2.18. The predicted molar refractivity (Wildman–Crippen MR) is 106 cm³/mol. The minimum Gasteiger partial charge on any atom is -0.457 e. The number of nitrogens with one attached hydrogen (secondary N) is 2. The van der Waals surface area contributed by atoms with Crippen molar-refractivity contribution in [1.82, 2.24) is 10.3 Å². The van der Waals surface area contributed by atoms with Crippen LogP contribution in [0.2, 0.25) is 0 Å². The number of hydrogen-bond donors (Lipinski definition) is 2. The van der Waals surface area contributed by atoms with Crippen LogP contribution in [0.15, 0.2) is 65.7 Å². The lowest BCUT2D eigenvalue weighted by molar-refractivity contribution is 0.0958. The highest BCUT2D eigenvalue weighted by Crippen LogP contribution is 2.25. The highest BCUT2D eigenvalue weighted by atomic mass is 32.2. The monoisotopic (exact) mass is 415 g/mol. The molecule has 0 bridgehead atoms. The van der Waals surface area contributed by atoms with Crippen molar-refractivity contribution in [3.63, 3.8) is 0 Å². The van der Waals surface area contributed by atoms with Crippen LogP contribution in [0.5, 0.6) is 11.5 Å². The molecule has 1 aromatic heterocycles. The minimum absolute atomic E-state index is 0.203. The van der Waals surface area contributed by atoms with E-state index in [2.05, 4.69) is 15.0 Å². The van der Waals surface area contributed by atoms with Crippen molar-refractivity contribution in [2.45, 2.75) is 11.8 Å². The number of nitrogens with zero attached hydrogens (tertiary/aromatic N) is 1. The zero-order valence-electron chi connectivity index (χ0n) is 15.6. The van der Waals surface area contributed by atoms with Crippen molar-refractivity contribution >= 4 is 21.6 Å². The molecular weight excluding hydrogens is 397 g/mol. The number of halogens is 1. The van der Waals surface area contributed by atoms with Crippen molar-refractivity contribution in [1.29, 1.82) is 0 Å². The third-order valence-corrected chi connectivity index (χ3v) is 5.31. The third kappa shape index (κ3) is 4.88. The highest BCUT2D eigenvalue weighted by molar-refractivity contribution is 7.92. The molecule has 0 aliphatic carbocycles. The predicted octanol–water partition coefficient (Wildman–Crippen LogP) is 3.48. The molecule has 2 aromatic carbocycles. The summed E-state index contributed by atoms with van der Waals surface area (Å²) < 4.78 is 46.8. The van der Waals surface area contributed by atoms with Crippen LogP contribution in [-0.4, -0.2) is 26.4 Å². The van der Waals surface area contributed by atoms with Gasteiger partial charge in [-0.2, -0.15) is 0 Å². The Morgan fingerprint density at radius 3 is 2.45 bits per heavy atom. The molecule has 0 radical (unpaired) electrons. The molecule has 1 heterocycles. The van der Waals surface area contributed by atoms with Gasteiger partial charge in [-0.25, -0.2) is 12.8 Å². The second-order valence-corrected chi connectivity index (χ2v) is 7.77. The molecule has 0 unspecified atom stereocenters. The van der Waals surface area contributed by atoms with Crippen molar-refractivity contribution in [3.05, 3.63) is 77.9 Å². The average Bonchev–Trinajstić information content (AvgIpc) is 2.70. The molecule has 0 atom stereocenters. The Kier molecular flexibility index (Phi) is 5.79. The summed E-state index contributed by atoms with van der Waals surface area (Å²) in [6.45, 7) is 1.68. The van der Waals surface area contributed by atoms with Crippen molar-refractivity contribution in [2.24, 2.45) is 0 Å². The van der Waals surface area contributed by atoms with Gasteiger partial charge in [0, 0.05) is 25.0 Å². The fourth-order valence-corrected chi connectivity index (χ4v) is 3.70. The van der Waals surface area contributed by atoms with Gasteiger partial charge in [0.15, 0.2) is 0 Å². The maximum atomic E-state index is 13.9. The Balaban J connectivity index is 1.75. The minimum atomic E-state index is -4.07. The van der Waals surface area contributed by atoms with Gasteiger partial charge in [-0.15, -0.1) is 0 Å². The van der Waals surface area contributed by atoms with Crippen LogP contribution in [0.3, 0.4) is 0 Å². The van der Waals surface area contributed by atoms with Gasteiger partial charge in [-0.1, -0.05) is 6.07 Å². The quantitative estimate of drug-likeness (QED) is 0.642. The number of aryl methyl sites for hydroxylation is 1. The van der Waals surface area contributed by atoms with E-state index in [4.69, 9.17) is 4.74 Å². The van der Waals surface area contributed by atoms with E-state index in [9.17, 15) is 17.6 Å². The average molecular weight is 415 g/mol. The van der Waals surface area contributed by atoms with Crippen LogP contribution in [0, 0.1) is 12.7 Å². The van der Waals surface area contributed by atoms with Gasteiger partial charge in [0.1, 0.15) is 27.9 Å². The normalized spacial score (nSPS) is 11.0. The number of rotatable bonds is 6. The molecule has 0 aliphatic heterocycles. The maximum absolute atomic E-state index is 13.9. The van der Waals surface area contributed by atoms with E-state index in [-0.39, 0.29) is 17.3 Å².